The summed E-state index contributed by atoms with van der Waals surface area (Å²) < 4.78 is 0. The van der Waals surface area contributed by atoms with Crippen LogP contribution in [-0.4, -0.2) is 65.9 Å². The molecule has 2 aromatic rings. The summed E-state index contributed by atoms with van der Waals surface area (Å²) in [5.74, 6) is 0. The summed E-state index contributed by atoms with van der Waals surface area (Å²) in [5.41, 5.74) is 2.33. The van der Waals surface area contributed by atoms with Crippen LogP contribution in [0.4, 0.5) is 0 Å². The lowest BCUT2D eigenvalue weighted by Gasteiger charge is -2.36. The molecule has 2 aromatic carbocycles. The monoisotopic (exact) mass is 388 g/mol. The Balaban J connectivity index is 1.56. The summed E-state index contributed by atoms with van der Waals surface area (Å²) in [4.78, 5) is 4.68. The molecule has 27 heavy (non-hydrogen) atoms. The Labute approximate surface area is 167 Å². The average Bonchev–Trinajstić information content (AvgIpc) is 2.68. The molecule has 5 heteroatoms. The summed E-state index contributed by atoms with van der Waals surface area (Å²) in [6, 6.07) is 15.9. The smallest absolute Gasteiger partial charge is 0.0880 e. The molecule has 3 rings (SSSR count). The first-order valence-corrected chi connectivity index (χ1v) is 10.0. The van der Waals surface area contributed by atoms with Gasteiger partial charge in [-0.3, -0.25) is 4.90 Å². The third-order valence-electron chi connectivity index (χ3n) is 5.48. The second kappa shape index (κ2) is 9.18. The fourth-order valence-corrected chi connectivity index (χ4v) is 3.69. The minimum atomic E-state index is -0.846. The normalized spacial score (nSPS) is 18.4. The van der Waals surface area contributed by atoms with E-state index in [4.69, 9.17) is 16.7 Å². The fraction of sp³-hybridized carbons (Fsp3) is 0.455. The average molecular weight is 389 g/mol. The highest BCUT2D eigenvalue weighted by atomic mass is 35.5. The first-order chi connectivity index (χ1) is 13.0. The number of hydrogen-bond donors (Lipinski definition) is 2. The van der Waals surface area contributed by atoms with Gasteiger partial charge in [-0.1, -0.05) is 48.0 Å². The van der Waals surface area contributed by atoms with E-state index in [1.807, 2.05) is 43.3 Å². The summed E-state index contributed by atoms with van der Waals surface area (Å²) in [6.45, 7) is 7.70. The molecule has 0 aliphatic carbocycles. The Hall–Kier alpha value is -1.43. The van der Waals surface area contributed by atoms with Crippen molar-refractivity contribution in [3.63, 3.8) is 0 Å². The summed E-state index contributed by atoms with van der Waals surface area (Å²) >= 11 is 5.96. The lowest BCUT2D eigenvalue weighted by Crippen LogP contribution is -2.48. The van der Waals surface area contributed by atoms with Gasteiger partial charge in [0.25, 0.3) is 0 Å². The topological polar surface area (TPSA) is 46.9 Å². The highest BCUT2D eigenvalue weighted by Crippen LogP contribution is 2.28. The molecular formula is C22H29ClN2O2. The second-order valence-corrected chi connectivity index (χ2v) is 7.95. The predicted molar refractivity (Wildman–Crippen MR) is 111 cm³/mol. The molecule has 0 radical (unpaired) electrons. The van der Waals surface area contributed by atoms with Crippen molar-refractivity contribution in [2.24, 2.45) is 0 Å². The van der Waals surface area contributed by atoms with Crippen molar-refractivity contribution in [3.05, 3.63) is 59.1 Å². The van der Waals surface area contributed by atoms with Crippen LogP contribution in [0.2, 0.25) is 5.02 Å². The molecule has 0 spiro atoms. The lowest BCUT2D eigenvalue weighted by molar-refractivity contribution is 0.0274. The Kier molecular flexibility index (Phi) is 6.90. The van der Waals surface area contributed by atoms with Crippen LogP contribution in [0.1, 0.15) is 18.9 Å². The number of rotatable bonds is 7. The van der Waals surface area contributed by atoms with Crippen molar-refractivity contribution >= 4 is 11.6 Å². The van der Waals surface area contributed by atoms with Gasteiger partial charge in [-0.15, -0.1) is 0 Å². The highest BCUT2D eigenvalue weighted by molar-refractivity contribution is 6.30. The van der Waals surface area contributed by atoms with E-state index in [2.05, 4.69) is 21.9 Å². The molecule has 1 unspecified atom stereocenters. The highest BCUT2D eigenvalue weighted by Gasteiger charge is 2.25. The Morgan fingerprint density at radius 1 is 0.852 bits per heavy atom. The number of halogens is 1. The molecule has 0 saturated carbocycles. The van der Waals surface area contributed by atoms with Gasteiger partial charge in [0.1, 0.15) is 0 Å². The molecule has 1 saturated heterocycles. The molecule has 4 nitrogen and oxygen atoms in total. The zero-order chi connectivity index (χ0) is 19.3. The zero-order valence-electron chi connectivity index (χ0n) is 15.9. The number of nitrogens with zero attached hydrogens (tertiary/aromatic N) is 2. The van der Waals surface area contributed by atoms with E-state index in [-0.39, 0.29) is 6.61 Å². The van der Waals surface area contributed by atoms with Gasteiger partial charge < -0.3 is 15.1 Å². The van der Waals surface area contributed by atoms with Gasteiger partial charge in [0.05, 0.1) is 12.2 Å². The van der Waals surface area contributed by atoms with E-state index < -0.39 is 5.60 Å². The number of benzene rings is 2. The van der Waals surface area contributed by atoms with E-state index in [0.29, 0.717) is 6.42 Å². The molecule has 1 aliphatic heterocycles. The number of piperazine rings is 1. The lowest BCUT2D eigenvalue weighted by atomic mass is 9.90. The van der Waals surface area contributed by atoms with Crippen molar-refractivity contribution in [3.8, 4) is 11.1 Å². The van der Waals surface area contributed by atoms with E-state index in [1.54, 1.807) is 0 Å². The Morgan fingerprint density at radius 2 is 1.33 bits per heavy atom. The molecule has 1 aliphatic rings. The summed E-state index contributed by atoms with van der Waals surface area (Å²) in [6.07, 6.45) is 0.702. The van der Waals surface area contributed by atoms with E-state index in [1.165, 1.54) is 0 Å². The number of hydrogen-bond acceptors (Lipinski definition) is 4. The summed E-state index contributed by atoms with van der Waals surface area (Å²) in [7, 11) is 0. The van der Waals surface area contributed by atoms with Gasteiger partial charge >= 0.3 is 0 Å². The number of aliphatic hydroxyl groups excluding tert-OH is 1. The van der Waals surface area contributed by atoms with E-state index in [9.17, 15) is 5.11 Å². The second-order valence-electron chi connectivity index (χ2n) is 7.51. The van der Waals surface area contributed by atoms with Crippen LogP contribution >= 0.6 is 11.6 Å². The van der Waals surface area contributed by atoms with Crippen molar-refractivity contribution in [2.45, 2.75) is 18.9 Å². The molecule has 2 N–H and O–H groups in total. The minimum Gasteiger partial charge on any atom is -0.395 e. The van der Waals surface area contributed by atoms with E-state index >= 15 is 0 Å². The minimum absolute atomic E-state index is 0.223. The van der Waals surface area contributed by atoms with Crippen LogP contribution < -0.4 is 0 Å². The Morgan fingerprint density at radius 3 is 1.85 bits per heavy atom. The van der Waals surface area contributed by atoms with Crippen molar-refractivity contribution in [2.75, 3.05) is 45.9 Å². The largest absolute Gasteiger partial charge is 0.395 e. The van der Waals surface area contributed by atoms with Gasteiger partial charge in [-0.05, 0) is 42.2 Å². The maximum absolute atomic E-state index is 11.0. The maximum Gasteiger partial charge on any atom is 0.0880 e. The third-order valence-corrected chi connectivity index (χ3v) is 5.73. The number of β-amino-alcohol motifs (C(OH)–C–C–N with tert-alkyl or cyclic N) is 1. The molecule has 1 heterocycles. The van der Waals surface area contributed by atoms with Gasteiger partial charge in [-0.25, -0.2) is 0 Å². The molecular weight excluding hydrogens is 360 g/mol. The molecule has 1 fully saturated rings. The van der Waals surface area contributed by atoms with Gasteiger partial charge in [0.15, 0.2) is 0 Å². The van der Waals surface area contributed by atoms with Crippen molar-refractivity contribution in [1.82, 2.24) is 9.80 Å². The summed E-state index contributed by atoms with van der Waals surface area (Å²) in [5, 5.41) is 20.7. The van der Waals surface area contributed by atoms with Crippen LogP contribution in [0.25, 0.3) is 11.1 Å². The maximum atomic E-state index is 11.0. The van der Waals surface area contributed by atoms with Gasteiger partial charge in [0.2, 0.25) is 0 Å². The quantitative estimate of drug-likeness (QED) is 0.764. The van der Waals surface area contributed by atoms with Gasteiger partial charge in [0, 0.05) is 44.3 Å². The van der Waals surface area contributed by atoms with Crippen LogP contribution in [0.15, 0.2) is 48.5 Å². The first-order valence-electron chi connectivity index (χ1n) is 9.62. The van der Waals surface area contributed by atoms with Crippen LogP contribution in [0, 0.1) is 0 Å². The predicted octanol–water partition coefficient (Wildman–Crippen LogP) is 3.21. The Bertz CT molecular complexity index is 708. The number of aliphatic hydroxyl groups is 2. The molecule has 146 valence electrons. The van der Waals surface area contributed by atoms with Crippen LogP contribution in [0.3, 0.4) is 0 Å². The molecule has 1 atom stereocenters. The van der Waals surface area contributed by atoms with Gasteiger partial charge in [-0.2, -0.15) is 0 Å². The fourth-order valence-electron chi connectivity index (χ4n) is 3.56. The SMILES string of the molecule is CC(O)(CCN1CCN(CCO)CC1)c1ccc(-c2ccc(Cl)cc2)cc1. The van der Waals surface area contributed by atoms with Crippen LogP contribution in [-0.2, 0) is 5.60 Å². The molecule has 0 amide bonds. The third kappa shape index (κ3) is 5.53. The standard InChI is InChI=1S/C22H29ClN2O2/c1-22(27,10-11-24-12-14-25(15-13-24)16-17-26)20-6-2-18(3-7-20)19-4-8-21(23)9-5-19/h2-9,26-27H,10-17H2,1H3. The van der Waals surface area contributed by atoms with E-state index in [0.717, 1.165) is 61.0 Å². The van der Waals surface area contributed by atoms with Crippen molar-refractivity contribution < 1.29 is 10.2 Å². The first kappa shape index (κ1) is 20.3. The van der Waals surface area contributed by atoms with Crippen molar-refractivity contribution in [1.29, 1.82) is 0 Å². The zero-order valence-corrected chi connectivity index (χ0v) is 16.7. The molecule has 0 aromatic heterocycles. The molecule has 0 bridgehead atoms. The van der Waals surface area contributed by atoms with Crippen LogP contribution in [0.5, 0.6) is 0 Å².